The molecule has 37 valence electrons. The van der Waals surface area contributed by atoms with Gasteiger partial charge in [-0.3, -0.25) is 0 Å². The highest BCUT2D eigenvalue weighted by Crippen LogP contribution is 1.84. The molecule has 0 aliphatic rings. The molecule has 6 heavy (non-hydrogen) atoms. The lowest BCUT2D eigenvalue weighted by molar-refractivity contribution is -0.119. The Kier molecular flexibility index (Phi) is 3.02. The van der Waals surface area contributed by atoms with Crippen LogP contribution in [0.4, 0.5) is 0 Å². The first-order chi connectivity index (χ1) is 2.77. The summed E-state index contributed by atoms with van der Waals surface area (Å²) in [6, 6.07) is 0. The fourth-order valence-corrected chi connectivity index (χ4v) is 0.129. The van der Waals surface area contributed by atoms with Crippen molar-refractivity contribution >= 4 is 0 Å². The maximum atomic E-state index is 7.80. The average Bonchev–Trinajstić information content (AvgIpc) is 1.35. The second kappa shape index (κ2) is 3.08. The number of hydrogen-bond acceptors (Lipinski definition) is 3. The second-order valence-electron chi connectivity index (χ2n) is 0.716. The van der Waals surface area contributed by atoms with Gasteiger partial charge in [0.25, 0.3) is 0 Å². The topological polar surface area (TPSA) is 49.7 Å². The quantitative estimate of drug-likeness (QED) is 0.511. The monoisotopic (exact) mass is 91.0 g/mol. The number of ether oxygens (including phenoxy) is 1. The third-order valence-corrected chi connectivity index (χ3v) is 0.273. The van der Waals surface area contributed by atoms with Gasteiger partial charge in [-0.25, -0.2) is 0 Å². The van der Waals surface area contributed by atoms with Crippen molar-refractivity contribution in [2.24, 2.45) is 0 Å². The lowest BCUT2D eigenvalue weighted by atomic mass is 10.9. The Morgan fingerprint density at radius 3 is 2.17 bits per heavy atom. The maximum absolute atomic E-state index is 7.80. The molecule has 0 bridgehead atoms. The minimum Gasteiger partial charge on any atom is -0.337 e. The maximum Gasteiger partial charge on any atom is 0.364 e. The van der Waals surface area contributed by atoms with E-state index in [-0.39, 0.29) is 0 Å². The Morgan fingerprint density at radius 2 is 2.17 bits per heavy atom. The summed E-state index contributed by atoms with van der Waals surface area (Å²) in [5, 5.41) is 15.6. The Hall–Kier alpha value is -0.120. The van der Waals surface area contributed by atoms with E-state index in [2.05, 4.69) is 4.74 Å². The van der Waals surface area contributed by atoms with Crippen molar-refractivity contribution in [1.29, 1.82) is 0 Å². The largest absolute Gasteiger partial charge is 0.364 e. The Morgan fingerprint density at radius 1 is 1.67 bits per heavy atom. The van der Waals surface area contributed by atoms with Crippen LogP contribution < -0.4 is 0 Å². The zero-order valence-corrected chi connectivity index (χ0v) is 3.51. The van der Waals surface area contributed by atoms with Crippen LogP contribution in [0.5, 0.6) is 0 Å². The first-order valence-electron chi connectivity index (χ1n) is 1.65. The average molecular weight is 91.1 g/mol. The molecule has 0 fully saturated rings. The summed E-state index contributed by atoms with van der Waals surface area (Å²) in [5.74, 6) is 0. The minimum absolute atomic E-state index is 0.294. The molecule has 0 aromatic heterocycles. The molecule has 0 aromatic carbocycles. The molecule has 0 rings (SSSR count). The van der Waals surface area contributed by atoms with Gasteiger partial charge in [0.1, 0.15) is 0 Å². The normalized spacial score (nSPS) is 10.0. The van der Waals surface area contributed by atoms with Gasteiger partial charge in [-0.1, -0.05) is 0 Å². The first-order valence-corrected chi connectivity index (χ1v) is 1.65. The van der Waals surface area contributed by atoms with Gasteiger partial charge in [-0.05, 0) is 6.92 Å². The molecule has 0 atom stereocenters. The van der Waals surface area contributed by atoms with Gasteiger partial charge in [0, 0.05) is 6.61 Å². The summed E-state index contributed by atoms with van der Waals surface area (Å²) in [6.45, 7) is 0.992. The number of rotatable bonds is 2. The minimum atomic E-state index is -0.961. The summed E-state index contributed by atoms with van der Waals surface area (Å²) in [5.41, 5.74) is 0. The standard InChI is InChI=1S/C3H7O3/c1-2-6-3(4)5/h4-5H,2H2,1H3. The van der Waals surface area contributed by atoms with E-state index in [0.29, 0.717) is 6.61 Å². The van der Waals surface area contributed by atoms with Crippen LogP contribution in [0.15, 0.2) is 0 Å². The molecule has 3 nitrogen and oxygen atoms in total. The molecule has 3 heteroatoms. The molecule has 0 aliphatic heterocycles. The Balaban J connectivity index is 2.63. The molecule has 0 aromatic rings. The van der Waals surface area contributed by atoms with Gasteiger partial charge in [0.05, 0.1) is 0 Å². The second-order valence-corrected chi connectivity index (χ2v) is 0.716. The number of aliphatic hydroxyl groups is 2. The Bertz CT molecular complexity index is 27.2. The molecular formula is C3H7O3. The summed E-state index contributed by atoms with van der Waals surface area (Å²) < 4.78 is 4.07. The molecule has 0 spiro atoms. The van der Waals surface area contributed by atoms with E-state index in [0.717, 1.165) is 0 Å². The molecule has 0 aliphatic carbocycles. The highest BCUT2D eigenvalue weighted by atomic mass is 16.7. The lowest BCUT2D eigenvalue weighted by Gasteiger charge is -1.94. The van der Waals surface area contributed by atoms with Gasteiger partial charge >= 0.3 is 6.48 Å². The van der Waals surface area contributed by atoms with Crippen LogP contribution in [-0.2, 0) is 4.74 Å². The molecule has 0 unspecified atom stereocenters. The fourth-order valence-electron chi connectivity index (χ4n) is 0.129. The van der Waals surface area contributed by atoms with Gasteiger partial charge in [0.15, 0.2) is 0 Å². The number of aliphatic hydroxyl groups excluding tert-OH is 1. The van der Waals surface area contributed by atoms with E-state index < -0.39 is 6.48 Å². The molecule has 0 amide bonds. The zero-order chi connectivity index (χ0) is 4.99. The number of hydrogen-bond donors (Lipinski definition) is 2. The van der Waals surface area contributed by atoms with Gasteiger partial charge in [-0.2, -0.15) is 0 Å². The first kappa shape index (κ1) is 5.88. The SMILES string of the molecule is CCO[C](O)O. The van der Waals surface area contributed by atoms with Crippen molar-refractivity contribution in [2.45, 2.75) is 6.92 Å². The van der Waals surface area contributed by atoms with Crippen molar-refractivity contribution < 1.29 is 14.9 Å². The van der Waals surface area contributed by atoms with Crippen molar-refractivity contribution in [1.82, 2.24) is 0 Å². The molecule has 2 N–H and O–H groups in total. The van der Waals surface area contributed by atoms with E-state index in [9.17, 15) is 0 Å². The van der Waals surface area contributed by atoms with E-state index >= 15 is 0 Å². The van der Waals surface area contributed by atoms with Crippen molar-refractivity contribution in [2.75, 3.05) is 6.61 Å². The molecular weight excluding hydrogens is 84.0 g/mol. The van der Waals surface area contributed by atoms with Crippen LogP contribution in [0.1, 0.15) is 6.92 Å². The van der Waals surface area contributed by atoms with Crippen LogP contribution in [-0.4, -0.2) is 16.8 Å². The van der Waals surface area contributed by atoms with Gasteiger partial charge < -0.3 is 14.9 Å². The molecule has 0 heterocycles. The van der Waals surface area contributed by atoms with Gasteiger partial charge in [0.2, 0.25) is 0 Å². The van der Waals surface area contributed by atoms with Crippen LogP contribution in [0, 0.1) is 6.48 Å². The summed E-state index contributed by atoms with van der Waals surface area (Å²) >= 11 is 0. The molecule has 0 saturated heterocycles. The van der Waals surface area contributed by atoms with Gasteiger partial charge in [-0.15, -0.1) is 0 Å². The highest BCUT2D eigenvalue weighted by Gasteiger charge is 1.92. The van der Waals surface area contributed by atoms with Crippen molar-refractivity contribution in [3.63, 3.8) is 0 Å². The van der Waals surface area contributed by atoms with Crippen LogP contribution in [0.3, 0.4) is 0 Å². The van der Waals surface area contributed by atoms with Crippen molar-refractivity contribution in [3.8, 4) is 0 Å². The third kappa shape index (κ3) is 3.88. The molecule has 1 radical (unpaired) electrons. The van der Waals surface area contributed by atoms with E-state index in [1.807, 2.05) is 0 Å². The van der Waals surface area contributed by atoms with Crippen LogP contribution in [0.25, 0.3) is 0 Å². The summed E-state index contributed by atoms with van der Waals surface area (Å²) in [7, 11) is 0. The Labute approximate surface area is 36.2 Å². The fraction of sp³-hybridized carbons (Fsp3) is 0.667. The van der Waals surface area contributed by atoms with Crippen LogP contribution in [0.2, 0.25) is 0 Å². The zero-order valence-electron chi connectivity index (χ0n) is 3.51. The highest BCUT2D eigenvalue weighted by molar-refractivity contribution is 4.28. The lowest BCUT2D eigenvalue weighted by Crippen LogP contribution is -1.98. The smallest absolute Gasteiger partial charge is 0.337 e. The van der Waals surface area contributed by atoms with Crippen LogP contribution >= 0.6 is 0 Å². The summed E-state index contributed by atoms with van der Waals surface area (Å²) in [6.07, 6.45) is 0. The van der Waals surface area contributed by atoms with E-state index in [4.69, 9.17) is 10.2 Å². The van der Waals surface area contributed by atoms with E-state index in [1.165, 1.54) is 0 Å². The van der Waals surface area contributed by atoms with E-state index in [1.54, 1.807) is 6.92 Å². The predicted molar refractivity (Wildman–Crippen MR) is 18.7 cm³/mol. The van der Waals surface area contributed by atoms with Crippen molar-refractivity contribution in [3.05, 3.63) is 6.48 Å². The predicted octanol–water partition coefficient (Wildman–Crippen LogP) is 0.215. The molecule has 0 saturated carbocycles. The third-order valence-electron chi connectivity index (χ3n) is 0.273. The summed E-state index contributed by atoms with van der Waals surface area (Å²) in [4.78, 5) is 0.